The van der Waals surface area contributed by atoms with E-state index in [2.05, 4.69) is 9.97 Å². The van der Waals surface area contributed by atoms with Crippen molar-refractivity contribution in [3.05, 3.63) is 41.7 Å². The van der Waals surface area contributed by atoms with Crippen LogP contribution >= 0.6 is 0 Å². The fraction of sp³-hybridized carbons (Fsp3) is 0.444. The lowest BCUT2D eigenvalue weighted by Crippen LogP contribution is -2.19. The second-order valence-electron chi connectivity index (χ2n) is 5.88. The minimum atomic E-state index is 0.391. The summed E-state index contributed by atoms with van der Waals surface area (Å²) in [6, 6.07) is 10.2. The molecule has 0 bridgehead atoms. The van der Waals surface area contributed by atoms with Crippen LogP contribution in [0.25, 0.3) is 11.4 Å². The molecule has 0 aliphatic heterocycles. The average Bonchev–Trinajstić information content (AvgIpc) is 2.48. The molecule has 1 aliphatic rings. The van der Waals surface area contributed by atoms with E-state index >= 15 is 0 Å². The third kappa shape index (κ3) is 3.60. The van der Waals surface area contributed by atoms with Crippen LogP contribution in [0.5, 0.6) is 5.75 Å². The number of rotatable bonds is 3. The van der Waals surface area contributed by atoms with E-state index in [1.54, 1.807) is 0 Å². The highest BCUT2D eigenvalue weighted by Gasteiger charge is 2.14. The van der Waals surface area contributed by atoms with E-state index in [1.807, 2.05) is 44.2 Å². The van der Waals surface area contributed by atoms with Crippen molar-refractivity contribution in [1.29, 1.82) is 0 Å². The molecule has 1 heterocycles. The summed E-state index contributed by atoms with van der Waals surface area (Å²) >= 11 is 0. The lowest BCUT2D eigenvalue weighted by Gasteiger charge is -2.23. The van der Waals surface area contributed by atoms with Gasteiger partial charge in [-0.3, -0.25) is 0 Å². The van der Waals surface area contributed by atoms with Gasteiger partial charge >= 0.3 is 0 Å². The van der Waals surface area contributed by atoms with E-state index in [9.17, 15) is 0 Å². The number of hydrogen-bond acceptors (Lipinski definition) is 3. The van der Waals surface area contributed by atoms with Gasteiger partial charge in [-0.2, -0.15) is 0 Å². The molecule has 2 aromatic rings. The molecule has 3 nitrogen and oxygen atoms in total. The summed E-state index contributed by atoms with van der Waals surface area (Å²) in [5.41, 5.74) is 3.04. The van der Waals surface area contributed by atoms with Crippen molar-refractivity contribution in [3.8, 4) is 17.1 Å². The third-order valence-electron chi connectivity index (χ3n) is 3.95. The summed E-state index contributed by atoms with van der Waals surface area (Å²) in [5, 5.41) is 0. The van der Waals surface area contributed by atoms with Gasteiger partial charge < -0.3 is 4.74 Å². The largest absolute Gasteiger partial charge is 0.490 e. The molecule has 0 spiro atoms. The van der Waals surface area contributed by atoms with Gasteiger partial charge in [-0.25, -0.2) is 9.97 Å². The second kappa shape index (κ2) is 6.25. The molecule has 0 amide bonds. The second-order valence-corrected chi connectivity index (χ2v) is 5.88. The van der Waals surface area contributed by atoms with Gasteiger partial charge in [-0.15, -0.1) is 0 Å². The van der Waals surface area contributed by atoms with E-state index in [0.717, 1.165) is 28.5 Å². The normalized spacial score (nSPS) is 15.9. The first-order valence-corrected chi connectivity index (χ1v) is 7.80. The molecular formula is C18H22N2O. The first-order chi connectivity index (χ1) is 10.2. The van der Waals surface area contributed by atoms with Crippen molar-refractivity contribution in [3.63, 3.8) is 0 Å². The predicted molar refractivity (Wildman–Crippen MR) is 84.4 cm³/mol. The van der Waals surface area contributed by atoms with Crippen LogP contribution in [0.3, 0.4) is 0 Å². The molecule has 1 fully saturated rings. The molecular weight excluding hydrogens is 260 g/mol. The molecule has 1 aromatic heterocycles. The van der Waals surface area contributed by atoms with Crippen molar-refractivity contribution in [1.82, 2.24) is 9.97 Å². The third-order valence-corrected chi connectivity index (χ3v) is 3.95. The molecule has 0 unspecified atom stereocenters. The molecule has 3 rings (SSSR count). The quantitative estimate of drug-likeness (QED) is 0.833. The molecule has 3 heteroatoms. The Balaban J connectivity index is 1.74. The van der Waals surface area contributed by atoms with Gasteiger partial charge in [0, 0.05) is 17.0 Å². The van der Waals surface area contributed by atoms with E-state index in [0.29, 0.717) is 6.10 Å². The Morgan fingerprint density at radius 2 is 1.52 bits per heavy atom. The number of aryl methyl sites for hydroxylation is 2. The molecule has 110 valence electrons. The fourth-order valence-electron chi connectivity index (χ4n) is 2.91. The zero-order valence-corrected chi connectivity index (χ0v) is 12.8. The van der Waals surface area contributed by atoms with E-state index < -0.39 is 0 Å². The van der Waals surface area contributed by atoms with Crippen LogP contribution in [0.4, 0.5) is 0 Å². The van der Waals surface area contributed by atoms with Gasteiger partial charge in [0.2, 0.25) is 0 Å². The Morgan fingerprint density at radius 3 is 2.14 bits per heavy atom. The van der Waals surface area contributed by atoms with E-state index in [1.165, 1.54) is 32.1 Å². The minimum Gasteiger partial charge on any atom is -0.490 e. The van der Waals surface area contributed by atoms with Gasteiger partial charge in [0.15, 0.2) is 5.82 Å². The molecule has 1 aromatic carbocycles. The molecule has 21 heavy (non-hydrogen) atoms. The highest BCUT2D eigenvalue weighted by Crippen LogP contribution is 2.25. The molecule has 0 N–H and O–H groups in total. The average molecular weight is 282 g/mol. The van der Waals surface area contributed by atoms with E-state index in [-0.39, 0.29) is 0 Å². The van der Waals surface area contributed by atoms with Crippen molar-refractivity contribution in [2.45, 2.75) is 52.1 Å². The number of aromatic nitrogens is 2. The molecule has 0 saturated heterocycles. The summed E-state index contributed by atoms with van der Waals surface area (Å²) in [4.78, 5) is 9.00. The summed E-state index contributed by atoms with van der Waals surface area (Å²) < 4.78 is 6.05. The Bertz CT molecular complexity index is 581. The van der Waals surface area contributed by atoms with Crippen LogP contribution in [0.2, 0.25) is 0 Å². The molecule has 0 atom stereocenters. The fourth-order valence-corrected chi connectivity index (χ4v) is 2.91. The van der Waals surface area contributed by atoms with Crippen LogP contribution in [-0.2, 0) is 0 Å². The van der Waals surface area contributed by atoms with Crippen LogP contribution < -0.4 is 4.74 Å². The first kappa shape index (κ1) is 14.1. The SMILES string of the molecule is Cc1cc(C)nc(-c2ccc(OC3CCCCC3)cc2)n1. The molecule has 1 aliphatic carbocycles. The predicted octanol–water partition coefficient (Wildman–Crippen LogP) is 4.47. The first-order valence-electron chi connectivity index (χ1n) is 7.80. The Kier molecular flexibility index (Phi) is 4.18. The van der Waals surface area contributed by atoms with Gasteiger partial charge in [0.25, 0.3) is 0 Å². The standard InChI is InChI=1S/C18H22N2O/c1-13-12-14(2)20-18(19-13)15-8-10-17(11-9-15)21-16-6-4-3-5-7-16/h8-12,16H,3-7H2,1-2H3. The van der Waals surface area contributed by atoms with Gasteiger partial charge in [0.1, 0.15) is 5.75 Å². The van der Waals surface area contributed by atoms with E-state index in [4.69, 9.17) is 4.74 Å². The molecule has 1 saturated carbocycles. The maximum Gasteiger partial charge on any atom is 0.159 e. The number of benzene rings is 1. The van der Waals surface area contributed by atoms with Crippen LogP contribution in [0, 0.1) is 13.8 Å². The van der Waals surface area contributed by atoms with Crippen molar-refractivity contribution in [2.75, 3.05) is 0 Å². The monoisotopic (exact) mass is 282 g/mol. The summed E-state index contributed by atoms with van der Waals surface area (Å²) in [6.07, 6.45) is 6.69. The Hall–Kier alpha value is -1.90. The smallest absolute Gasteiger partial charge is 0.159 e. The van der Waals surface area contributed by atoms with Gasteiger partial charge in [-0.05, 0) is 69.9 Å². The Morgan fingerprint density at radius 1 is 0.905 bits per heavy atom. The Labute approximate surface area is 126 Å². The summed E-state index contributed by atoms with van der Waals surface area (Å²) in [6.45, 7) is 4.00. The highest BCUT2D eigenvalue weighted by atomic mass is 16.5. The number of ether oxygens (including phenoxy) is 1. The van der Waals surface area contributed by atoms with Crippen LogP contribution in [0.1, 0.15) is 43.5 Å². The summed E-state index contributed by atoms with van der Waals surface area (Å²) in [7, 11) is 0. The van der Waals surface area contributed by atoms with Crippen LogP contribution in [-0.4, -0.2) is 16.1 Å². The van der Waals surface area contributed by atoms with Gasteiger partial charge in [-0.1, -0.05) is 6.42 Å². The summed E-state index contributed by atoms with van der Waals surface area (Å²) in [5.74, 6) is 1.74. The van der Waals surface area contributed by atoms with Crippen LogP contribution in [0.15, 0.2) is 30.3 Å². The lowest BCUT2D eigenvalue weighted by molar-refractivity contribution is 0.155. The van der Waals surface area contributed by atoms with Crippen molar-refractivity contribution >= 4 is 0 Å². The van der Waals surface area contributed by atoms with Gasteiger partial charge in [0.05, 0.1) is 6.10 Å². The maximum atomic E-state index is 6.05. The zero-order chi connectivity index (χ0) is 14.7. The topological polar surface area (TPSA) is 35.0 Å². The molecule has 0 radical (unpaired) electrons. The zero-order valence-electron chi connectivity index (χ0n) is 12.8. The highest BCUT2D eigenvalue weighted by molar-refractivity contribution is 5.56. The maximum absolute atomic E-state index is 6.05. The van der Waals surface area contributed by atoms with Crippen molar-refractivity contribution < 1.29 is 4.74 Å². The lowest BCUT2D eigenvalue weighted by atomic mass is 9.98. The minimum absolute atomic E-state index is 0.391. The number of nitrogens with zero attached hydrogens (tertiary/aromatic N) is 2. The number of hydrogen-bond donors (Lipinski definition) is 0. The van der Waals surface area contributed by atoms with Crippen molar-refractivity contribution in [2.24, 2.45) is 0 Å².